The lowest BCUT2D eigenvalue weighted by atomic mass is 10.1. The molecule has 0 unspecified atom stereocenters. The first-order chi connectivity index (χ1) is 12.6. The Bertz CT molecular complexity index is 860. The zero-order valence-corrected chi connectivity index (χ0v) is 15.3. The minimum absolute atomic E-state index is 0.0722. The molecule has 4 nitrogen and oxygen atoms in total. The van der Waals surface area contributed by atoms with Gasteiger partial charge < -0.3 is 10.3 Å². The first-order valence-corrected chi connectivity index (χ1v) is 9.35. The molecule has 0 aliphatic carbocycles. The zero-order valence-electron chi connectivity index (χ0n) is 14.5. The van der Waals surface area contributed by atoms with Gasteiger partial charge in [0.05, 0.1) is 18.3 Å². The van der Waals surface area contributed by atoms with E-state index in [0.29, 0.717) is 6.54 Å². The van der Waals surface area contributed by atoms with Crippen LogP contribution in [-0.4, -0.2) is 28.2 Å². The Morgan fingerprint density at radius 1 is 1.15 bits per heavy atom. The van der Waals surface area contributed by atoms with Gasteiger partial charge >= 0.3 is 0 Å². The highest BCUT2D eigenvalue weighted by atomic mass is 32.2. The summed E-state index contributed by atoms with van der Waals surface area (Å²) in [6, 6.07) is 14.2. The van der Waals surface area contributed by atoms with Crippen LogP contribution < -0.4 is 5.32 Å². The number of rotatable bonds is 7. The minimum atomic E-state index is -0.297. The van der Waals surface area contributed by atoms with Crippen LogP contribution in [-0.2, 0) is 11.2 Å². The number of halogens is 1. The Morgan fingerprint density at radius 2 is 1.88 bits per heavy atom. The van der Waals surface area contributed by atoms with Crippen molar-refractivity contribution in [3.8, 4) is 11.3 Å². The number of benzene rings is 2. The second-order valence-electron chi connectivity index (χ2n) is 5.97. The van der Waals surface area contributed by atoms with Crippen LogP contribution in [0.1, 0.15) is 11.1 Å². The van der Waals surface area contributed by atoms with Crippen LogP contribution in [0.15, 0.2) is 59.9 Å². The fourth-order valence-corrected chi connectivity index (χ4v) is 3.15. The summed E-state index contributed by atoms with van der Waals surface area (Å²) in [5.41, 5.74) is 4.10. The van der Waals surface area contributed by atoms with E-state index in [4.69, 9.17) is 0 Å². The average Bonchev–Trinajstić information content (AvgIpc) is 3.10. The molecule has 0 saturated carbocycles. The Hall–Kier alpha value is -2.60. The number of nitrogens with one attached hydrogen (secondary N) is 2. The van der Waals surface area contributed by atoms with Crippen molar-refractivity contribution in [3.05, 3.63) is 71.7 Å². The maximum atomic E-state index is 12.8. The summed E-state index contributed by atoms with van der Waals surface area (Å²) in [7, 11) is 0. The normalized spacial score (nSPS) is 10.7. The molecule has 3 rings (SSSR count). The van der Waals surface area contributed by atoms with Gasteiger partial charge in [-0.05, 0) is 30.2 Å². The van der Waals surface area contributed by atoms with Crippen LogP contribution in [0.2, 0.25) is 0 Å². The number of amides is 1. The third-order valence-corrected chi connectivity index (χ3v) is 4.75. The monoisotopic (exact) mass is 369 g/mol. The van der Waals surface area contributed by atoms with Crippen molar-refractivity contribution >= 4 is 17.7 Å². The number of carbonyl (C=O) groups is 1. The molecule has 1 aromatic heterocycles. The van der Waals surface area contributed by atoms with Gasteiger partial charge in [0.2, 0.25) is 5.91 Å². The van der Waals surface area contributed by atoms with Crippen molar-refractivity contribution in [1.82, 2.24) is 15.3 Å². The van der Waals surface area contributed by atoms with E-state index in [0.717, 1.165) is 27.7 Å². The van der Waals surface area contributed by atoms with E-state index in [-0.39, 0.29) is 18.1 Å². The van der Waals surface area contributed by atoms with Crippen molar-refractivity contribution in [2.75, 3.05) is 12.3 Å². The number of hydrogen-bond acceptors (Lipinski definition) is 3. The van der Waals surface area contributed by atoms with Crippen molar-refractivity contribution in [3.63, 3.8) is 0 Å². The second kappa shape index (κ2) is 8.67. The van der Waals surface area contributed by atoms with Gasteiger partial charge in [-0.25, -0.2) is 9.37 Å². The highest BCUT2D eigenvalue weighted by Gasteiger charge is 2.06. The molecule has 0 fully saturated rings. The molecule has 0 spiro atoms. The third kappa shape index (κ3) is 5.20. The molecule has 6 heteroatoms. The Kier molecular flexibility index (Phi) is 6.07. The van der Waals surface area contributed by atoms with Gasteiger partial charge in [-0.3, -0.25) is 4.79 Å². The molecule has 0 bridgehead atoms. The minimum Gasteiger partial charge on any atom is -0.355 e. The summed E-state index contributed by atoms with van der Waals surface area (Å²) >= 11 is 1.56. The van der Waals surface area contributed by atoms with Gasteiger partial charge in [0.1, 0.15) is 5.82 Å². The lowest BCUT2D eigenvalue weighted by molar-refractivity contribution is -0.120. The fourth-order valence-electron chi connectivity index (χ4n) is 2.44. The van der Waals surface area contributed by atoms with Crippen LogP contribution in [0.4, 0.5) is 4.39 Å². The number of nitrogens with zero attached hydrogens (tertiary/aromatic N) is 1. The molecular weight excluding hydrogens is 349 g/mol. The van der Waals surface area contributed by atoms with Gasteiger partial charge in [-0.15, -0.1) is 0 Å². The number of aryl methyl sites for hydroxylation is 1. The quantitative estimate of drug-likeness (QED) is 0.489. The van der Waals surface area contributed by atoms with E-state index in [1.54, 1.807) is 23.9 Å². The molecule has 3 aromatic rings. The zero-order chi connectivity index (χ0) is 18.4. The van der Waals surface area contributed by atoms with E-state index in [1.165, 1.54) is 17.7 Å². The summed E-state index contributed by atoms with van der Waals surface area (Å²) in [5, 5.41) is 3.69. The van der Waals surface area contributed by atoms with Gasteiger partial charge in [-0.1, -0.05) is 53.7 Å². The maximum absolute atomic E-state index is 12.8. The van der Waals surface area contributed by atoms with Crippen LogP contribution in [0.5, 0.6) is 0 Å². The van der Waals surface area contributed by atoms with Gasteiger partial charge in [0.15, 0.2) is 5.16 Å². The Labute approximate surface area is 156 Å². The van der Waals surface area contributed by atoms with E-state index in [9.17, 15) is 9.18 Å². The number of H-pyrrole nitrogens is 1. The SMILES string of the molecule is Cc1ccc(-c2cnc(SCCNC(=O)Cc3ccc(F)cc3)[nH]2)cc1. The largest absolute Gasteiger partial charge is 0.355 e. The molecule has 0 radical (unpaired) electrons. The number of carbonyl (C=O) groups excluding carboxylic acids is 1. The van der Waals surface area contributed by atoms with Gasteiger partial charge in [-0.2, -0.15) is 0 Å². The first-order valence-electron chi connectivity index (χ1n) is 8.36. The summed E-state index contributed by atoms with van der Waals surface area (Å²) in [4.78, 5) is 19.5. The highest BCUT2D eigenvalue weighted by molar-refractivity contribution is 7.99. The van der Waals surface area contributed by atoms with Crippen molar-refractivity contribution in [2.24, 2.45) is 0 Å². The average molecular weight is 369 g/mol. The van der Waals surface area contributed by atoms with Crippen LogP contribution in [0, 0.1) is 12.7 Å². The molecule has 134 valence electrons. The highest BCUT2D eigenvalue weighted by Crippen LogP contribution is 2.21. The molecule has 0 saturated heterocycles. The predicted molar refractivity (Wildman–Crippen MR) is 103 cm³/mol. The summed E-state index contributed by atoms with van der Waals surface area (Å²) < 4.78 is 12.8. The van der Waals surface area contributed by atoms with Crippen molar-refractivity contribution < 1.29 is 9.18 Å². The summed E-state index contributed by atoms with van der Waals surface area (Å²) in [6.07, 6.45) is 2.07. The molecule has 26 heavy (non-hydrogen) atoms. The Balaban J connectivity index is 1.41. The summed E-state index contributed by atoms with van der Waals surface area (Å²) in [5.74, 6) is 0.349. The molecule has 2 aromatic carbocycles. The molecule has 0 aliphatic heterocycles. The van der Waals surface area contributed by atoms with Gasteiger partial charge in [0.25, 0.3) is 0 Å². The second-order valence-corrected chi connectivity index (χ2v) is 7.05. The van der Waals surface area contributed by atoms with Crippen molar-refractivity contribution in [2.45, 2.75) is 18.5 Å². The Morgan fingerprint density at radius 3 is 2.62 bits per heavy atom. The van der Waals surface area contributed by atoms with E-state index in [2.05, 4.69) is 46.5 Å². The lowest BCUT2D eigenvalue weighted by Crippen LogP contribution is -2.27. The van der Waals surface area contributed by atoms with E-state index < -0.39 is 0 Å². The summed E-state index contributed by atoms with van der Waals surface area (Å²) in [6.45, 7) is 2.60. The number of aromatic nitrogens is 2. The predicted octanol–water partition coefficient (Wildman–Crippen LogP) is 3.98. The van der Waals surface area contributed by atoms with Crippen LogP contribution in [0.25, 0.3) is 11.3 Å². The molecule has 1 heterocycles. The molecule has 2 N–H and O–H groups in total. The number of hydrogen-bond donors (Lipinski definition) is 2. The molecular formula is C20H20FN3OS. The number of thioether (sulfide) groups is 1. The molecule has 1 amide bonds. The molecule has 0 atom stereocenters. The van der Waals surface area contributed by atoms with Crippen LogP contribution >= 0.6 is 11.8 Å². The number of aromatic amines is 1. The maximum Gasteiger partial charge on any atom is 0.224 e. The van der Waals surface area contributed by atoms with Crippen molar-refractivity contribution in [1.29, 1.82) is 0 Å². The number of imidazole rings is 1. The van der Waals surface area contributed by atoms with Crippen LogP contribution in [0.3, 0.4) is 0 Å². The van der Waals surface area contributed by atoms with E-state index >= 15 is 0 Å². The fraction of sp³-hybridized carbons (Fsp3) is 0.200. The smallest absolute Gasteiger partial charge is 0.224 e. The third-order valence-electron chi connectivity index (χ3n) is 3.86. The molecule has 0 aliphatic rings. The van der Waals surface area contributed by atoms with Gasteiger partial charge in [0, 0.05) is 12.3 Å². The topological polar surface area (TPSA) is 57.8 Å². The van der Waals surface area contributed by atoms with E-state index in [1.807, 2.05) is 6.20 Å². The standard InChI is InChI=1S/C20H20FN3OS/c1-14-2-6-16(7-3-14)18-13-23-20(24-18)26-11-10-22-19(25)12-15-4-8-17(21)9-5-15/h2-9,13H,10-12H2,1H3,(H,22,25)(H,23,24). The first kappa shape index (κ1) is 18.2. The lowest BCUT2D eigenvalue weighted by Gasteiger charge is -2.04.